The van der Waals surface area contributed by atoms with Crippen LogP contribution in [-0.4, -0.2) is 33.2 Å². The molecule has 4 aromatic rings. The zero-order valence-electron chi connectivity index (χ0n) is 17.4. The van der Waals surface area contributed by atoms with E-state index in [1.807, 2.05) is 54.9 Å². The summed E-state index contributed by atoms with van der Waals surface area (Å²) in [5.74, 6) is 2.21. The van der Waals surface area contributed by atoms with Gasteiger partial charge in [0.2, 0.25) is 0 Å². The van der Waals surface area contributed by atoms with Crippen LogP contribution in [0.4, 0.5) is 5.82 Å². The van der Waals surface area contributed by atoms with Gasteiger partial charge in [-0.1, -0.05) is 35.5 Å². The number of benzene rings is 1. The normalized spacial score (nSPS) is 15.0. The summed E-state index contributed by atoms with van der Waals surface area (Å²) in [6, 6.07) is 18.1. The van der Waals surface area contributed by atoms with E-state index in [2.05, 4.69) is 27.2 Å². The maximum Gasteiger partial charge on any atom is 0.257 e. The Morgan fingerprint density at radius 3 is 2.55 bits per heavy atom. The highest BCUT2D eigenvalue weighted by Gasteiger charge is 2.25. The van der Waals surface area contributed by atoms with Crippen LogP contribution in [-0.2, 0) is 6.42 Å². The number of hydrogen-bond acceptors (Lipinski definition) is 6. The monoisotopic (exact) mass is 411 g/mol. The van der Waals surface area contributed by atoms with Gasteiger partial charge in [-0.3, -0.25) is 4.98 Å². The Bertz CT molecular complexity index is 1110. The first-order valence-corrected chi connectivity index (χ1v) is 10.9. The summed E-state index contributed by atoms with van der Waals surface area (Å²) >= 11 is 0. The third-order valence-electron chi connectivity index (χ3n) is 5.81. The van der Waals surface area contributed by atoms with E-state index < -0.39 is 0 Å². The van der Waals surface area contributed by atoms with Crippen molar-refractivity contribution in [3.63, 3.8) is 0 Å². The molecule has 6 heteroatoms. The number of rotatable bonds is 6. The van der Waals surface area contributed by atoms with Gasteiger partial charge >= 0.3 is 0 Å². The lowest BCUT2D eigenvalue weighted by Gasteiger charge is -2.30. The Labute approximate surface area is 182 Å². The third-order valence-corrected chi connectivity index (χ3v) is 5.81. The van der Waals surface area contributed by atoms with E-state index in [4.69, 9.17) is 14.5 Å². The van der Waals surface area contributed by atoms with Crippen molar-refractivity contribution in [2.45, 2.75) is 31.6 Å². The summed E-state index contributed by atoms with van der Waals surface area (Å²) in [6.07, 6.45) is 10.0. The lowest BCUT2D eigenvalue weighted by Crippen LogP contribution is -2.31. The van der Waals surface area contributed by atoms with Crippen molar-refractivity contribution in [2.75, 3.05) is 18.0 Å². The van der Waals surface area contributed by atoms with Crippen molar-refractivity contribution in [3.8, 4) is 11.5 Å². The molecule has 1 atom stereocenters. The number of piperidine rings is 1. The average Bonchev–Trinajstić information content (AvgIpc) is 3.34. The van der Waals surface area contributed by atoms with E-state index in [1.165, 1.54) is 24.8 Å². The minimum Gasteiger partial charge on any atom is -0.356 e. The predicted octanol–water partition coefficient (Wildman–Crippen LogP) is 4.89. The van der Waals surface area contributed by atoms with Crippen LogP contribution < -0.4 is 4.90 Å². The molecule has 1 aliphatic rings. The lowest BCUT2D eigenvalue weighted by molar-refractivity contribution is 0.419. The van der Waals surface area contributed by atoms with E-state index >= 15 is 0 Å². The molecule has 4 heterocycles. The van der Waals surface area contributed by atoms with E-state index in [0.29, 0.717) is 11.7 Å². The minimum absolute atomic E-state index is 0.0670. The van der Waals surface area contributed by atoms with Gasteiger partial charge in [-0.2, -0.15) is 4.98 Å². The summed E-state index contributed by atoms with van der Waals surface area (Å²) < 4.78 is 5.63. The van der Waals surface area contributed by atoms with Crippen LogP contribution in [0.25, 0.3) is 11.5 Å². The maximum atomic E-state index is 5.63. The highest BCUT2D eigenvalue weighted by molar-refractivity contribution is 5.53. The van der Waals surface area contributed by atoms with Crippen LogP contribution in [0.2, 0.25) is 0 Å². The predicted molar refractivity (Wildman–Crippen MR) is 120 cm³/mol. The molecule has 0 radical (unpaired) electrons. The van der Waals surface area contributed by atoms with Gasteiger partial charge in [0.05, 0.1) is 5.92 Å². The number of anilines is 1. The van der Waals surface area contributed by atoms with Gasteiger partial charge in [0.1, 0.15) is 5.82 Å². The van der Waals surface area contributed by atoms with Gasteiger partial charge in [0.15, 0.2) is 5.82 Å². The van der Waals surface area contributed by atoms with Crippen molar-refractivity contribution in [3.05, 3.63) is 90.1 Å². The molecule has 5 rings (SSSR count). The first-order valence-electron chi connectivity index (χ1n) is 10.9. The summed E-state index contributed by atoms with van der Waals surface area (Å²) in [7, 11) is 0. The molecule has 1 fully saturated rings. The van der Waals surface area contributed by atoms with Gasteiger partial charge in [0, 0.05) is 37.2 Å². The number of hydrogen-bond donors (Lipinski definition) is 0. The molecule has 3 aromatic heterocycles. The lowest BCUT2D eigenvalue weighted by atomic mass is 9.92. The molecule has 0 amide bonds. The molecule has 0 spiro atoms. The quantitative estimate of drug-likeness (QED) is 0.450. The van der Waals surface area contributed by atoms with Gasteiger partial charge in [-0.05, 0) is 61.1 Å². The van der Waals surface area contributed by atoms with Crippen LogP contribution >= 0.6 is 0 Å². The van der Waals surface area contributed by atoms with Gasteiger partial charge < -0.3 is 9.42 Å². The summed E-state index contributed by atoms with van der Waals surface area (Å²) in [4.78, 5) is 16.2. The van der Waals surface area contributed by atoms with Crippen molar-refractivity contribution >= 4 is 5.82 Å². The molecule has 31 heavy (non-hydrogen) atoms. The first kappa shape index (κ1) is 19.4. The van der Waals surface area contributed by atoms with Crippen molar-refractivity contribution in [1.29, 1.82) is 0 Å². The van der Waals surface area contributed by atoms with Gasteiger partial charge in [0.25, 0.3) is 5.89 Å². The molecule has 0 bridgehead atoms. The zero-order valence-corrected chi connectivity index (χ0v) is 17.4. The van der Waals surface area contributed by atoms with Crippen molar-refractivity contribution < 1.29 is 4.52 Å². The fourth-order valence-corrected chi connectivity index (χ4v) is 4.21. The highest BCUT2D eigenvalue weighted by atomic mass is 16.5. The molecule has 0 N–H and O–H groups in total. The van der Waals surface area contributed by atoms with E-state index in [1.54, 1.807) is 6.20 Å². The zero-order chi connectivity index (χ0) is 20.9. The molecule has 156 valence electrons. The van der Waals surface area contributed by atoms with E-state index in [0.717, 1.165) is 36.5 Å². The fourth-order valence-electron chi connectivity index (χ4n) is 4.21. The maximum absolute atomic E-state index is 5.63. The summed E-state index contributed by atoms with van der Waals surface area (Å²) in [5, 5.41) is 4.36. The second kappa shape index (κ2) is 9.08. The van der Waals surface area contributed by atoms with E-state index in [9.17, 15) is 0 Å². The topological polar surface area (TPSA) is 67.9 Å². The highest BCUT2D eigenvalue weighted by Crippen LogP contribution is 2.31. The first-order chi connectivity index (χ1) is 15.4. The number of pyridine rings is 2. The molecular weight excluding hydrogens is 386 g/mol. The molecule has 1 unspecified atom stereocenters. The fraction of sp³-hybridized carbons (Fsp3) is 0.280. The van der Waals surface area contributed by atoms with Crippen molar-refractivity contribution in [2.24, 2.45) is 0 Å². The molecule has 1 aliphatic heterocycles. The Balaban J connectivity index is 1.50. The van der Waals surface area contributed by atoms with Crippen LogP contribution in [0.15, 0.2) is 77.7 Å². The third kappa shape index (κ3) is 4.33. The van der Waals surface area contributed by atoms with Gasteiger partial charge in [-0.25, -0.2) is 4.98 Å². The van der Waals surface area contributed by atoms with Crippen LogP contribution in [0, 0.1) is 0 Å². The largest absolute Gasteiger partial charge is 0.356 e. The second-order valence-corrected chi connectivity index (χ2v) is 7.90. The van der Waals surface area contributed by atoms with Crippen LogP contribution in [0.3, 0.4) is 0 Å². The standard InChI is InChI=1S/C25H25N5O/c1-3-9-19(10-4-1)25-28-23(29-31-25)22(21-12-7-13-26-18-21)17-20-11-8-14-27-24(20)30-15-5-2-6-16-30/h1,3-4,7-14,18,22H,2,5-6,15-17H2. The van der Waals surface area contributed by atoms with Crippen molar-refractivity contribution in [1.82, 2.24) is 20.1 Å². The Morgan fingerprint density at radius 1 is 0.903 bits per heavy atom. The Morgan fingerprint density at radius 2 is 1.74 bits per heavy atom. The summed E-state index contributed by atoms with van der Waals surface area (Å²) in [6.45, 7) is 2.11. The minimum atomic E-state index is -0.0670. The number of nitrogens with zero attached hydrogens (tertiary/aromatic N) is 5. The molecular formula is C25H25N5O. The van der Waals surface area contributed by atoms with E-state index in [-0.39, 0.29) is 5.92 Å². The van der Waals surface area contributed by atoms with Crippen LogP contribution in [0.5, 0.6) is 0 Å². The Hall–Kier alpha value is -3.54. The van der Waals surface area contributed by atoms with Gasteiger partial charge in [-0.15, -0.1) is 0 Å². The Kier molecular flexibility index (Phi) is 5.69. The molecule has 0 saturated carbocycles. The molecule has 6 nitrogen and oxygen atoms in total. The smallest absolute Gasteiger partial charge is 0.257 e. The molecule has 1 saturated heterocycles. The number of aromatic nitrogens is 4. The summed E-state index contributed by atoms with van der Waals surface area (Å²) in [5.41, 5.74) is 3.18. The molecule has 1 aromatic carbocycles. The second-order valence-electron chi connectivity index (χ2n) is 7.90. The molecule has 0 aliphatic carbocycles. The van der Waals surface area contributed by atoms with Crippen LogP contribution in [0.1, 0.15) is 42.1 Å². The average molecular weight is 412 g/mol. The SMILES string of the molecule is c1ccc(-c2nc(C(Cc3cccnc3N3CCCCC3)c3cccnc3)no2)cc1.